The summed E-state index contributed by atoms with van der Waals surface area (Å²) >= 11 is 3.24. The molecule has 0 unspecified atom stereocenters. The third-order valence-corrected chi connectivity index (χ3v) is 3.43. The fourth-order valence-corrected chi connectivity index (χ4v) is 2.23. The fraction of sp³-hybridized carbons (Fsp3) is 0.143. The maximum absolute atomic E-state index is 12.1. The van der Waals surface area contributed by atoms with Gasteiger partial charge in [-0.1, -0.05) is 6.92 Å². The van der Waals surface area contributed by atoms with Crippen molar-refractivity contribution in [1.29, 1.82) is 0 Å². The van der Waals surface area contributed by atoms with Gasteiger partial charge in [0.1, 0.15) is 5.76 Å². The Hall–Kier alpha value is -2.08. The third-order valence-electron chi connectivity index (χ3n) is 2.78. The molecule has 0 saturated heterocycles. The van der Waals surface area contributed by atoms with Crippen molar-refractivity contribution in [2.24, 2.45) is 0 Å². The second kappa shape index (κ2) is 5.92. The summed E-state index contributed by atoms with van der Waals surface area (Å²) in [7, 11) is 0. The zero-order chi connectivity index (χ0) is 14.7. The van der Waals surface area contributed by atoms with Gasteiger partial charge in [-0.25, -0.2) is 4.79 Å². The Bertz CT molecular complexity index is 663. The van der Waals surface area contributed by atoms with E-state index in [1.807, 2.05) is 6.92 Å². The quantitative estimate of drug-likeness (QED) is 0.893. The molecule has 1 aromatic carbocycles. The molecule has 0 bridgehead atoms. The van der Waals surface area contributed by atoms with Crippen LogP contribution in [0.3, 0.4) is 0 Å². The molecule has 6 heteroatoms. The lowest BCUT2D eigenvalue weighted by Crippen LogP contribution is -2.13. The van der Waals surface area contributed by atoms with Crippen molar-refractivity contribution >= 4 is 33.5 Å². The highest BCUT2D eigenvalue weighted by Gasteiger charge is 2.15. The molecule has 2 N–H and O–H groups in total. The molecule has 104 valence electrons. The van der Waals surface area contributed by atoms with Crippen molar-refractivity contribution in [3.05, 3.63) is 51.9 Å². The van der Waals surface area contributed by atoms with E-state index in [1.54, 1.807) is 6.07 Å². The standard InChI is InChI=1S/C14H12BrNO4/c1-2-12-9(5-6-20-12)13(17)16-11-4-3-8(14(18)19)7-10(11)15/h3-7H,2H2,1H3,(H,16,17)(H,18,19). The summed E-state index contributed by atoms with van der Waals surface area (Å²) < 4.78 is 5.71. The number of hydrogen-bond donors (Lipinski definition) is 2. The number of carboxylic acid groups (broad SMARTS) is 1. The number of aryl methyl sites for hydroxylation is 1. The highest BCUT2D eigenvalue weighted by atomic mass is 79.9. The minimum absolute atomic E-state index is 0.146. The number of anilines is 1. The third kappa shape index (κ3) is 2.91. The molecule has 5 nitrogen and oxygen atoms in total. The minimum Gasteiger partial charge on any atom is -0.478 e. The van der Waals surface area contributed by atoms with Crippen LogP contribution in [0.25, 0.3) is 0 Å². The summed E-state index contributed by atoms with van der Waals surface area (Å²) in [5, 5.41) is 11.6. The highest BCUT2D eigenvalue weighted by Crippen LogP contribution is 2.25. The highest BCUT2D eigenvalue weighted by molar-refractivity contribution is 9.10. The van der Waals surface area contributed by atoms with Crippen LogP contribution in [-0.4, -0.2) is 17.0 Å². The molecule has 0 aliphatic heterocycles. The monoisotopic (exact) mass is 337 g/mol. The van der Waals surface area contributed by atoms with Crippen LogP contribution in [0.2, 0.25) is 0 Å². The molecule has 1 heterocycles. The first-order chi connectivity index (χ1) is 9.52. The van der Waals surface area contributed by atoms with E-state index in [4.69, 9.17) is 9.52 Å². The number of aromatic carboxylic acids is 1. The maximum Gasteiger partial charge on any atom is 0.335 e. The summed E-state index contributed by atoms with van der Waals surface area (Å²) in [6, 6.07) is 6.01. The lowest BCUT2D eigenvalue weighted by molar-refractivity contribution is 0.0696. The summed E-state index contributed by atoms with van der Waals surface area (Å²) in [4.78, 5) is 23.0. The van der Waals surface area contributed by atoms with Gasteiger partial charge in [0, 0.05) is 10.9 Å². The molecule has 0 aliphatic carbocycles. The van der Waals surface area contributed by atoms with Gasteiger partial charge in [0.05, 0.1) is 23.1 Å². The van der Waals surface area contributed by atoms with Crippen LogP contribution in [0.5, 0.6) is 0 Å². The number of carbonyl (C=O) groups is 2. The van der Waals surface area contributed by atoms with Crippen molar-refractivity contribution in [2.75, 3.05) is 5.32 Å². The Kier molecular flexibility index (Phi) is 4.24. The van der Waals surface area contributed by atoms with E-state index in [9.17, 15) is 9.59 Å². The van der Waals surface area contributed by atoms with Crippen molar-refractivity contribution < 1.29 is 19.1 Å². The molecule has 0 spiro atoms. The largest absolute Gasteiger partial charge is 0.478 e. The Morgan fingerprint density at radius 1 is 1.35 bits per heavy atom. The lowest BCUT2D eigenvalue weighted by atomic mass is 10.1. The second-order valence-corrected chi connectivity index (χ2v) is 4.92. The molecular weight excluding hydrogens is 326 g/mol. The van der Waals surface area contributed by atoms with Gasteiger partial charge >= 0.3 is 5.97 Å². The zero-order valence-corrected chi connectivity index (χ0v) is 12.2. The van der Waals surface area contributed by atoms with E-state index < -0.39 is 5.97 Å². The van der Waals surface area contributed by atoms with Gasteiger partial charge in [-0.05, 0) is 40.2 Å². The van der Waals surface area contributed by atoms with Crippen molar-refractivity contribution in [3.8, 4) is 0 Å². The smallest absolute Gasteiger partial charge is 0.335 e. The molecule has 0 aliphatic rings. The molecule has 2 rings (SSSR count). The van der Waals surface area contributed by atoms with E-state index in [1.165, 1.54) is 24.5 Å². The first-order valence-electron chi connectivity index (χ1n) is 5.93. The van der Waals surface area contributed by atoms with Crippen LogP contribution in [0.15, 0.2) is 39.4 Å². The van der Waals surface area contributed by atoms with Gasteiger partial charge < -0.3 is 14.8 Å². The fourth-order valence-electron chi connectivity index (χ4n) is 1.76. The van der Waals surface area contributed by atoms with Crippen LogP contribution >= 0.6 is 15.9 Å². The molecule has 0 atom stereocenters. The van der Waals surface area contributed by atoms with E-state index in [-0.39, 0.29) is 11.5 Å². The van der Waals surface area contributed by atoms with Crippen molar-refractivity contribution in [2.45, 2.75) is 13.3 Å². The summed E-state index contributed by atoms with van der Waals surface area (Å²) in [5.41, 5.74) is 1.12. The lowest BCUT2D eigenvalue weighted by Gasteiger charge is -2.08. The minimum atomic E-state index is -1.02. The van der Waals surface area contributed by atoms with Gasteiger partial charge in [-0.3, -0.25) is 4.79 Å². The van der Waals surface area contributed by atoms with Gasteiger partial charge in [-0.15, -0.1) is 0 Å². The van der Waals surface area contributed by atoms with Crippen molar-refractivity contribution in [3.63, 3.8) is 0 Å². The molecule has 0 saturated carbocycles. The van der Waals surface area contributed by atoms with Gasteiger partial charge in [-0.2, -0.15) is 0 Å². The number of benzene rings is 1. The Morgan fingerprint density at radius 3 is 2.70 bits per heavy atom. The molecular formula is C14H12BrNO4. The van der Waals surface area contributed by atoms with Crippen LogP contribution in [-0.2, 0) is 6.42 Å². The van der Waals surface area contributed by atoms with E-state index in [2.05, 4.69) is 21.2 Å². The summed E-state index contributed by atoms with van der Waals surface area (Å²) in [5.74, 6) is -0.702. The number of carboxylic acids is 1. The number of furan rings is 1. The van der Waals surface area contributed by atoms with Crippen LogP contribution < -0.4 is 5.32 Å². The Balaban J connectivity index is 2.22. The van der Waals surface area contributed by atoms with Gasteiger partial charge in [0.2, 0.25) is 0 Å². The van der Waals surface area contributed by atoms with Crippen LogP contribution in [0.4, 0.5) is 5.69 Å². The molecule has 0 radical (unpaired) electrons. The maximum atomic E-state index is 12.1. The van der Waals surface area contributed by atoms with Crippen LogP contribution in [0, 0.1) is 0 Å². The molecule has 2 aromatic rings. The Morgan fingerprint density at radius 2 is 2.10 bits per heavy atom. The van der Waals surface area contributed by atoms with E-state index in [0.717, 1.165) is 0 Å². The van der Waals surface area contributed by atoms with Gasteiger partial charge in [0.15, 0.2) is 0 Å². The molecule has 1 amide bonds. The summed E-state index contributed by atoms with van der Waals surface area (Å²) in [6.07, 6.45) is 2.09. The van der Waals surface area contributed by atoms with Crippen molar-refractivity contribution in [1.82, 2.24) is 0 Å². The van der Waals surface area contributed by atoms with Crippen LogP contribution in [0.1, 0.15) is 33.4 Å². The molecule has 1 aromatic heterocycles. The SMILES string of the molecule is CCc1occc1C(=O)Nc1ccc(C(=O)O)cc1Br. The second-order valence-electron chi connectivity index (χ2n) is 4.06. The first-order valence-corrected chi connectivity index (χ1v) is 6.72. The number of rotatable bonds is 4. The number of amides is 1. The first kappa shape index (κ1) is 14.3. The number of carbonyl (C=O) groups excluding carboxylic acids is 1. The van der Waals surface area contributed by atoms with Gasteiger partial charge in [0.25, 0.3) is 5.91 Å². The predicted octanol–water partition coefficient (Wildman–Crippen LogP) is 3.56. The number of hydrogen-bond acceptors (Lipinski definition) is 3. The number of nitrogens with one attached hydrogen (secondary N) is 1. The topological polar surface area (TPSA) is 79.5 Å². The average Bonchev–Trinajstić information content (AvgIpc) is 2.89. The molecule has 0 fully saturated rings. The average molecular weight is 338 g/mol. The predicted molar refractivity (Wildman–Crippen MR) is 77.1 cm³/mol. The normalized spacial score (nSPS) is 10.3. The molecule has 20 heavy (non-hydrogen) atoms. The number of halogens is 1. The zero-order valence-electron chi connectivity index (χ0n) is 10.6. The van der Waals surface area contributed by atoms with E-state index >= 15 is 0 Å². The Labute approximate surface area is 123 Å². The summed E-state index contributed by atoms with van der Waals surface area (Å²) in [6.45, 7) is 1.90. The van der Waals surface area contributed by atoms with E-state index in [0.29, 0.717) is 27.9 Å².